The lowest BCUT2D eigenvalue weighted by atomic mass is 9.97. The van der Waals surface area contributed by atoms with Gasteiger partial charge in [-0.1, -0.05) is 11.6 Å². The van der Waals surface area contributed by atoms with Crippen molar-refractivity contribution < 1.29 is 14.3 Å². The summed E-state index contributed by atoms with van der Waals surface area (Å²) in [5.74, 6) is 0.139. The zero-order chi connectivity index (χ0) is 19.5. The fourth-order valence-corrected chi connectivity index (χ4v) is 3.65. The van der Waals surface area contributed by atoms with Crippen LogP contribution in [0.15, 0.2) is 11.6 Å². The molecule has 1 unspecified atom stereocenters. The third kappa shape index (κ3) is 7.99. The second-order valence-corrected chi connectivity index (χ2v) is 7.48. The SMILES string of the molecule is COCCNC(=O)CN1CCN(C(C)C(=O)NCCC2=CCCCC2)CC1. The number of carbonyl (C=O) groups is 2. The summed E-state index contributed by atoms with van der Waals surface area (Å²) < 4.78 is 4.93. The van der Waals surface area contributed by atoms with Crippen LogP contribution in [-0.2, 0) is 14.3 Å². The minimum absolute atomic E-state index is 0.0308. The second-order valence-electron chi connectivity index (χ2n) is 7.48. The Morgan fingerprint density at radius 2 is 1.93 bits per heavy atom. The van der Waals surface area contributed by atoms with Crippen molar-refractivity contribution in [3.63, 3.8) is 0 Å². The predicted octanol–water partition coefficient (Wildman–Crippen LogP) is 0.762. The van der Waals surface area contributed by atoms with Crippen LogP contribution in [0.25, 0.3) is 0 Å². The van der Waals surface area contributed by atoms with Gasteiger partial charge in [0.15, 0.2) is 0 Å². The Morgan fingerprint density at radius 3 is 2.59 bits per heavy atom. The summed E-state index contributed by atoms with van der Waals surface area (Å²) >= 11 is 0. The average molecular weight is 381 g/mol. The molecular formula is C20H36N4O3. The highest BCUT2D eigenvalue weighted by Crippen LogP contribution is 2.19. The normalized spacial score (nSPS) is 20.0. The average Bonchev–Trinajstić information content (AvgIpc) is 2.69. The smallest absolute Gasteiger partial charge is 0.237 e. The predicted molar refractivity (Wildman–Crippen MR) is 107 cm³/mol. The Labute approximate surface area is 163 Å². The van der Waals surface area contributed by atoms with Crippen molar-refractivity contribution in [3.8, 4) is 0 Å². The van der Waals surface area contributed by atoms with Gasteiger partial charge in [0.25, 0.3) is 0 Å². The molecule has 0 aromatic rings. The van der Waals surface area contributed by atoms with Crippen molar-refractivity contribution in [2.45, 2.75) is 45.1 Å². The summed E-state index contributed by atoms with van der Waals surface area (Å²) in [5, 5.41) is 5.93. The Morgan fingerprint density at radius 1 is 1.15 bits per heavy atom. The van der Waals surface area contributed by atoms with Crippen LogP contribution < -0.4 is 10.6 Å². The monoisotopic (exact) mass is 380 g/mol. The van der Waals surface area contributed by atoms with Gasteiger partial charge < -0.3 is 15.4 Å². The van der Waals surface area contributed by atoms with Gasteiger partial charge >= 0.3 is 0 Å². The zero-order valence-electron chi connectivity index (χ0n) is 17.0. The topological polar surface area (TPSA) is 73.9 Å². The van der Waals surface area contributed by atoms with Gasteiger partial charge in [-0.3, -0.25) is 19.4 Å². The van der Waals surface area contributed by atoms with Crippen LogP contribution in [0, 0.1) is 0 Å². The van der Waals surface area contributed by atoms with Crippen molar-refractivity contribution in [2.24, 2.45) is 0 Å². The van der Waals surface area contributed by atoms with E-state index in [2.05, 4.69) is 26.5 Å². The highest BCUT2D eigenvalue weighted by Gasteiger charge is 2.26. The molecule has 7 heteroatoms. The van der Waals surface area contributed by atoms with E-state index in [0.29, 0.717) is 19.7 Å². The third-order valence-corrected chi connectivity index (χ3v) is 5.46. The van der Waals surface area contributed by atoms with Gasteiger partial charge in [0.2, 0.25) is 11.8 Å². The number of piperazine rings is 1. The van der Waals surface area contributed by atoms with Gasteiger partial charge in [-0.2, -0.15) is 0 Å². The number of ether oxygens (including phenoxy) is 1. The molecule has 1 fully saturated rings. The molecule has 7 nitrogen and oxygen atoms in total. The summed E-state index contributed by atoms with van der Waals surface area (Å²) in [6.45, 7) is 7.43. The fraction of sp³-hybridized carbons (Fsp3) is 0.800. The number of hydrogen-bond donors (Lipinski definition) is 2. The first kappa shape index (κ1) is 21.9. The van der Waals surface area contributed by atoms with E-state index < -0.39 is 0 Å². The molecule has 0 saturated carbocycles. The number of amides is 2. The first-order valence-corrected chi connectivity index (χ1v) is 10.3. The largest absolute Gasteiger partial charge is 0.383 e. The number of nitrogens with zero attached hydrogens (tertiary/aromatic N) is 2. The molecule has 154 valence electrons. The summed E-state index contributed by atoms with van der Waals surface area (Å²) in [4.78, 5) is 28.6. The maximum Gasteiger partial charge on any atom is 0.237 e. The Kier molecular flexibility index (Phi) is 9.80. The van der Waals surface area contributed by atoms with Crippen molar-refractivity contribution >= 4 is 11.8 Å². The fourth-order valence-electron chi connectivity index (χ4n) is 3.65. The number of allylic oxidation sites excluding steroid dienone is 1. The molecule has 1 saturated heterocycles. The van der Waals surface area contributed by atoms with Crippen molar-refractivity contribution in [1.29, 1.82) is 0 Å². The lowest BCUT2D eigenvalue weighted by Gasteiger charge is -2.37. The van der Waals surface area contributed by atoms with E-state index in [0.717, 1.165) is 39.1 Å². The molecule has 27 heavy (non-hydrogen) atoms. The quantitative estimate of drug-likeness (QED) is 0.432. The lowest BCUT2D eigenvalue weighted by molar-refractivity contribution is -0.127. The van der Waals surface area contributed by atoms with Gasteiger partial charge in [0.05, 0.1) is 19.2 Å². The van der Waals surface area contributed by atoms with Crippen molar-refractivity contribution in [2.75, 3.05) is 59.5 Å². The second kappa shape index (κ2) is 12.1. The van der Waals surface area contributed by atoms with E-state index in [4.69, 9.17) is 4.74 Å². The molecule has 2 N–H and O–H groups in total. The summed E-state index contributed by atoms with van der Waals surface area (Å²) in [7, 11) is 1.62. The molecule has 0 aromatic carbocycles. The van der Waals surface area contributed by atoms with Crippen LogP contribution >= 0.6 is 0 Å². The highest BCUT2D eigenvalue weighted by atomic mass is 16.5. The third-order valence-electron chi connectivity index (χ3n) is 5.46. The number of rotatable bonds is 10. The van der Waals surface area contributed by atoms with Crippen LogP contribution in [0.3, 0.4) is 0 Å². The Hall–Kier alpha value is -1.44. The van der Waals surface area contributed by atoms with Crippen molar-refractivity contribution in [3.05, 3.63) is 11.6 Å². The molecule has 1 heterocycles. The van der Waals surface area contributed by atoms with Crippen LogP contribution in [0.1, 0.15) is 39.0 Å². The molecular weight excluding hydrogens is 344 g/mol. The van der Waals surface area contributed by atoms with Gasteiger partial charge in [-0.05, 0) is 39.0 Å². The molecule has 2 amide bonds. The summed E-state index contributed by atoms with van der Waals surface area (Å²) in [6.07, 6.45) is 8.27. The van der Waals surface area contributed by atoms with Gasteiger partial charge in [-0.25, -0.2) is 0 Å². The highest BCUT2D eigenvalue weighted by molar-refractivity contribution is 5.81. The maximum absolute atomic E-state index is 12.4. The van der Waals surface area contributed by atoms with Crippen molar-refractivity contribution in [1.82, 2.24) is 20.4 Å². The van der Waals surface area contributed by atoms with E-state index in [9.17, 15) is 9.59 Å². The Balaban J connectivity index is 1.61. The zero-order valence-corrected chi connectivity index (χ0v) is 17.0. The van der Waals surface area contributed by atoms with E-state index in [1.165, 1.54) is 31.3 Å². The van der Waals surface area contributed by atoms with E-state index in [1.54, 1.807) is 7.11 Å². The molecule has 0 spiro atoms. The summed E-state index contributed by atoms with van der Waals surface area (Å²) in [6, 6.07) is -0.122. The maximum atomic E-state index is 12.4. The van der Waals surface area contributed by atoms with E-state index in [-0.39, 0.29) is 17.9 Å². The van der Waals surface area contributed by atoms with E-state index >= 15 is 0 Å². The molecule has 0 radical (unpaired) electrons. The molecule has 1 aliphatic carbocycles. The van der Waals surface area contributed by atoms with Gasteiger partial charge in [0, 0.05) is 46.4 Å². The standard InChI is InChI=1S/C20H36N4O3/c1-17(20(26)22-9-8-18-6-4-3-5-7-18)24-13-11-23(12-14-24)16-19(25)21-10-15-27-2/h6,17H,3-5,7-16H2,1-2H3,(H,21,25)(H,22,26). The van der Waals surface area contributed by atoms with Crippen LogP contribution in [-0.4, -0.2) is 87.2 Å². The van der Waals surface area contributed by atoms with E-state index in [1.807, 2.05) is 6.92 Å². The number of methoxy groups -OCH3 is 1. The molecule has 2 aliphatic rings. The van der Waals surface area contributed by atoms with Crippen LogP contribution in [0.4, 0.5) is 0 Å². The summed E-state index contributed by atoms with van der Waals surface area (Å²) in [5.41, 5.74) is 1.49. The minimum Gasteiger partial charge on any atom is -0.383 e. The molecule has 0 aromatic heterocycles. The first-order valence-electron chi connectivity index (χ1n) is 10.3. The first-order chi connectivity index (χ1) is 13.1. The van der Waals surface area contributed by atoms with Crippen LogP contribution in [0.5, 0.6) is 0 Å². The number of nitrogens with one attached hydrogen (secondary N) is 2. The molecule has 0 bridgehead atoms. The van der Waals surface area contributed by atoms with Gasteiger partial charge in [0.1, 0.15) is 0 Å². The number of hydrogen-bond acceptors (Lipinski definition) is 5. The minimum atomic E-state index is -0.122. The Bertz CT molecular complexity index is 501. The number of carbonyl (C=O) groups excluding carboxylic acids is 2. The van der Waals surface area contributed by atoms with Gasteiger partial charge in [-0.15, -0.1) is 0 Å². The molecule has 2 rings (SSSR count). The van der Waals surface area contributed by atoms with Crippen LogP contribution in [0.2, 0.25) is 0 Å². The molecule has 1 atom stereocenters. The lowest BCUT2D eigenvalue weighted by Crippen LogP contribution is -2.55. The molecule has 1 aliphatic heterocycles.